The number of nitrogens with one attached hydrogen (secondary N) is 3. The number of thioether (sulfide) groups is 1. The molecule has 224 valence electrons. The molecule has 4 aromatic rings. The standard InChI is InChI=1S/C33H27Cl2N3O5S/c1-2-28(32(41)36-23-16-14-21(15-17-23)33(42)43)44-25-12-7-11-24(19-25)37-31(40)27(18-22-10-6-13-26(34)29(22)35)38-30(39)20-8-4-3-5-9-20/h3-19,28H,2H2,1H3,(H,36,41)(H,37,40)(H,38,39)(H,42,43)/b27-18+. The number of benzene rings is 4. The van der Waals surface area contributed by atoms with Crippen LogP contribution in [0.4, 0.5) is 11.4 Å². The predicted octanol–water partition coefficient (Wildman–Crippen LogP) is 7.61. The highest BCUT2D eigenvalue weighted by atomic mass is 35.5. The topological polar surface area (TPSA) is 125 Å². The Morgan fingerprint density at radius 1 is 0.818 bits per heavy atom. The van der Waals surface area contributed by atoms with Crippen LogP contribution in [0.25, 0.3) is 6.08 Å². The average Bonchev–Trinajstić information content (AvgIpc) is 3.02. The third-order valence-electron chi connectivity index (χ3n) is 6.24. The molecule has 0 aromatic heterocycles. The number of rotatable bonds is 11. The van der Waals surface area contributed by atoms with Gasteiger partial charge in [-0.05, 0) is 78.7 Å². The van der Waals surface area contributed by atoms with E-state index in [1.54, 1.807) is 66.7 Å². The summed E-state index contributed by atoms with van der Waals surface area (Å²) >= 11 is 13.8. The van der Waals surface area contributed by atoms with E-state index in [4.69, 9.17) is 28.3 Å². The Bertz CT molecular complexity index is 1710. The molecule has 8 nitrogen and oxygen atoms in total. The first-order valence-corrected chi connectivity index (χ1v) is 15.0. The van der Waals surface area contributed by atoms with Crippen LogP contribution in [-0.2, 0) is 9.59 Å². The molecule has 0 aliphatic rings. The Labute approximate surface area is 268 Å². The molecule has 4 aromatic carbocycles. The van der Waals surface area contributed by atoms with Crippen molar-refractivity contribution in [3.63, 3.8) is 0 Å². The lowest BCUT2D eigenvalue weighted by Crippen LogP contribution is -2.30. The van der Waals surface area contributed by atoms with Crippen molar-refractivity contribution in [2.24, 2.45) is 0 Å². The number of hydrogen-bond donors (Lipinski definition) is 4. The summed E-state index contributed by atoms with van der Waals surface area (Å²) in [4.78, 5) is 51.2. The molecule has 44 heavy (non-hydrogen) atoms. The molecule has 1 atom stereocenters. The molecule has 0 radical (unpaired) electrons. The van der Waals surface area contributed by atoms with Crippen LogP contribution in [-0.4, -0.2) is 34.0 Å². The molecular weight excluding hydrogens is 621 g/mol. The second-order valence-corrected chi connectivity index (χ2v) is 11.5. The zero-order valence-electron chi connectivity index (χ0n) is 23.3. The van der Waals surface area contributed by atoms with Crippen LogP contribution in [0.3, 0.4) is 0 Å². The van der Waals surface area contributed by atoms with Crippen molar-refractivity contribution in [1.29, 1.82) is 0 Å². The summed E-state index contributed by atoms with van der Waals surface area (Å²) in [5.41, 5.74) is 1.80. The zero-order chi connectivity index (χ0) is 31.6. The van der Waals surface area contributed by atoms with Crippen molar-refractivity contribution in [3.05, 3.63) is 129 Å². The maximum atomic E-state index is 13.5. The Morgan fingerprint density at radius 2 is 1.52 bits per heavy atom. The van der Waals surface area contributed by atoms with Gasteiger partial charge in [0.1, 0.15) is 5.70 Å². The van der Waals surface area contributed by atoms with Gasteiger partial charge in [0.25, 0.3) is 11.8 Å². The number of carbonyl (C=O) groups excluding carboxylic acids is 3. The maximum absolute atomic E-state index is 13.5. The van der Waals surface area contributed by atoms with Crippen LogP contribution in [0.5, 0.6) is 0 Å². The predicted molar refractivity (Wildman–Crippen MR) is 175 cm³/mol. The van der Waals surface area contributed by atoms with Crippen molar-refractivity contribution >= 4 is 76.1 Å². The summed E-state index contributed by atoms with van der Waals surface area (Å²) in [5, 5.41) is 17.4. The molecule has 0 saturated heterocycles. The number of carboxylic acids is 1. The summed E-state index contributed by atoms with van der Waals surface area (Å²) in [6.45, 7) is 1.88. The van der Waals surface area contributed by atoms with Crippen molar-refractivity contribution in [1.82, 2.24) is 5.32 Å². The second kappa shape index (κ2) is 15.2. The highest BCUT2D eigenvalue weighted by Crippen LogP contribution is 2.30. The van der Waals surface area contributed by atoms with Crippen molar-refractivity contribution < 1.29 is 24.3 Å². The van der Waals surface area contributed by atoms with E-state index in [1.807, 2.05) is 13.0 Å². The SMILES string of the molecule is CCC(Sc1cccc(NC(=O)/C(=C\c2cccc(Cl)c2Cl)NC(=O)c2ccccc2)c1)C(=O)Nc1ccc(C(=O)O)cc1. The third-order valence-corrected chi connectivity index (χ3v) is 8.43. The number of amides is 3. The third kappa shape index (κ3) is 8.73. The molecule has 4 N–H and O–H groups in total. The lowest BCUT2D eigenvalue weighted by atomic mass is 10.1. The van der Waals surface area contributed by atoms with Crippen LogP contribution in [0, 0.1) is 0 Å². The molecule has 0 aliphatic carbocycles. The number of carboxylic acid groups (broad SMARTS) is 1. The van der Waals surface area contributed by atoms with Gasteiger partial charge in [-0.2, -0.15) is 0 Å². The molecule has 0 heterocycles. The van der Waals surface area contributed by atoms with Crippen LogP contribution in [0.2, 0.25) is 10.0 Å². The van der Waals surface area contributed by atoms with Gasteiger partial charge in [0.05, 0.1) is 20.9 Å². The average molecular weight is 649 g/mol. The molecule has 1 unspecified atom stereocenters. The largest absolute Gasteiger partial charge is 0.478 e. The van der Waals surface area contributed by atoms with Gasteiger partial charge in [-0.25, -0.2) is 4.79 Å². The Hall–Kier alpha value is -4.57. The van der Waals surface area contributed by atoms with Gasteiger partial charge < -0.3 is 21.1 Å². The number of anilines is 2. The van der Waals surface area contributed by atoms with Crippen LogP contribution >= 0.6 is 35.0 Å². The molecule has 3 amide bonds. The van der Waals surface area contributed by atoms with Gasteiger partial charge in [-0.3, -0.25) is 14.4 Å². The first-order chi connectivity index (χ1) is 21.1. The maximum Gasteiger partial charge on any atom is 0.335 e. The van der Waals surface area contributed by atoms with E-state index in [2.05, 4.69) is 16.0 Å². The smallest absolute Gasteiger partial charge is 0.335 e. The highest BCUT2D eigenvalue weighted by molar-refractivity contribution is 8.00. The summed E-state index contributed by atoms with van der Waals surface area (Å²) in [5.74, 6) is -2.38. The van der Waals surface area contributed by atoms with Crippen LogP contribution in [0.15, 0.2) is 108 Å². The molecule has 0 saturated carbocycles. The number of carbonyl (C=O) groups is 4. The van der Waals surface area contributed by atoms with Crippen LogP contribution in [0.1, 0.15) is 39.6 Å². The van der Waals surface area contributed by atoms with Crippen molar-refractivity contribution in [2.45, 2.75) is 23.5 Å². The van der Waals surface area contributed by atoms with Gasteiger partial charge in [0.15, 0.2) is 0 Å². The molecule has 11 heteroatoms. The zero-order valence-corrected chi connectivity index (χ0v) is 25.7. The second-order valence-electron chi connectivity index (χ2n) is 9.39. The van der Waals surface area contributed by atoms with E-state index >= 15 is 0 Å². The summed E-state index contributed by atoms with van der Waals surface area (Å²) < 4.78 is 0. The fourth-order valence-corrected chi connectivity index (χ4v) is 5.36. The van der Waals surface area contributed by atoms with E-state index in [-0.39, 0.29) is 22.2 Å². The quantitative estimate of drug-likeness (QED) is 0.0981. The monoisotopic (exact) mass is 647 g/mol. The minimum Gasteiger partial charge on any atom is -0.478 e. The molecule has 0 aliphatic heterocycles. The van der Waals surface area contributed by atoms with E-state index in [1.165, 1.54) is 42.1 Å². The van der Waals surface area contributed by atoms with Crippen LogP contribution < -0.4 is 16.0 Å². The lowest BCUT2D eigenvalue weighted by Gasteiger charge is -2.16. The van der Waals surface area contributed by atoms with E-state index in [9.17, 15) is 19.2 Å². The van der Waals surface area contributed by atoms with E-state index in [0.29, 0.717) is 33.9 Å². The molecule has 0 fully saturated rings. The lowest BCUT2D eigenvalue weighted by molar-refractivity contribution is -0.116. The highest BCUT2D eigenvalue weighted by Gasteiger charge is 2.20. The normalized spacial score (nSPS) is 11.8. The van der Waals surface area contributed by atoms with Gasteiger partial charge in [-0.1, -0.05) is 66.5 Å². The molecule has 0 bridgehead atoms. The van der Waals surface area contributed by atoms with Gasteiger partial charge in [0.2, 0.25) is 5.91 Å². The minimum atomic E-state index is -1.05. The Morgan fingerprint density at radius 3 is 2.20 bits per heavy atom. The summed E-state index contributed by atoms with van der Waals surface area (Å²) in [7, 11) is 0. The molecular formula is C33H27Cl2N3O5S. The molecule has 0 spiro atoms. The fraction of sp³-hybridized carbons (Fsp3) is 0.0909. The fourth-order valence-electron chi connectivity index (χ4n) is 3.98. The number of aromatic carboxylic acids is 1. The number of halogens is 2. The van der Waals surface area contributed by atoms with E-state index in [0.717, 1.165) is 4.90 Å². The first-order valence-electron chi connectivity index (χ1n) is 13.4. The van der Waals surface area contributed by atoms with Gasteiger partial charge in [0, 0.05) is 21.8 Å². The molecule has 4 rings (SSSR count). The van der Waals surface area contributed by atoms with Crippen molar-refractivity contribution in [3.8, 4) is 0 Å². The minimum absolute atomic E-state index is 0.0548. The summed E-state index contributed by atoms with van der Waals surface area (Å²) in [6.07, 6.45) is 1.96. The van der Waals surface area contributed by atoms with E-state index < -0.39 is 23.0 Å². The Kier molecular flexibility index (Phi) is 11.2. The number of hydrogen-bond acceptors (Lipinski definition) is 5. The van der Waals surface area contributed by atoms with Gasteiger partial charge >= 0.3 is 5.97 Å². The summed E-state index contributed by atoms with van der Waals surface area (Å²) in [6, 6.07) is 26.3. The van der Waals surface area contributed by atoms with Gasteiger partial charge in [-0.15, -0.1) is 11.8 Å². The first kappa shape index (κ1) is 32.3. The Balaban J connectivity index is 1.50. The van der Waals surface area contributed by atoms with Crippen molar-refractivity contribution in [2.75, 3.05) is 10.6 Å².